The van der Waals surface area contributed by atoms with Crippen LogP contribution in [0.25, 0.3) is 70.8 Å². The molecular formula is C60H31NO3. The Morgan fingerprint density at radius 3 is 1.48 bits per heavy atom. The monoisotopic (exact) mass is 813 g/mol. The van der Waals surface area contributed by atoms with Gasteiger partial charge < -0.3 is 8.82 Å². The maximum Gasteiger partial charge on any atom is 0.171 e. The van der Waals surface area contributed by atoms with E-state index in [4.69, 9.17) is 4.42 Å². The van der Waals surface area contributed by atoms with Gasteiger partial charge in [0.1, 0.15) is 11.2 Å². The van der Waals surface area contributed by atoms with Gasteiger partial charge in [0.25, 0.3) is 0 Å². The van der Waals surface area contributed by atoms with Gasteiger partial charge in [0.05, 0.1) is 33.8 Å². The lowest BCUT2D eigenvalue weighted by Gasteiger charge is -2.64. The summed E-state index contributed by atoms with van der Waals surface area (Å²) in [7, 11) is 0. The summed E-state index contributed by atoms with van der Waals surface area (Å²) < 4.78 is 9.57. The summed E-state index contributed by atoms with van der Waals surface area (Å²) in [5.41, 5.74) is 18.1. The summed E-state index contributed by atoms with van der Waals surface area (Å²) >= 11 is 0. The number of Topliss-reactive ketones (excluding diaryl/α,β-unsaturated/α-hetero) is 2. The quantitative estimate of drug-likeness (QED) is 0.153. The Morgan fingerprint density at radius 2 is 0.891 bits per heavy atom. The lowest BCUT2D eigenvalue weighted by Crippen LogP contribution is -2.61. The summed E-state index contributed by atoms with van der Waals surface area (Å²) in [6.07, 6.45) is 0. The molecule has 4 nitrogen and oxygen atoms in total. The molecule has 9 aromatic carbocycles. The number of carbonyl (C=O) groups excluding carboxylic acids is 2. The highest BCUT2D eigenvalue weighted by atomic mass is 16.3. The SMILES string of the molecule is O=C1c2cc3c(cc2C2c4ccccc4C24c2ccccc2C14)c1cc2c4ccc5ccccc5c4oc2c2c4cc5c(cc4n3c12)C(=O)C1c2ccccc2C12c1ccccc1C52. The number of furan rings is 1. The highest BCUT2D eigenvalue weighted by Crippen LogP contribution is 2.75. The number of carbonyl (C=O) groups is 2. The van der Waals surface area contributed by atoms with Crippen molar-refractivity contribution in [1.82, 2.24) is 4.40 Å². The Morgan fingerprint density at radius 1 is 0.391 bits per heavy atom. The second-order valence-corrected chi connectivity index (χ2v) is 19.6. The van der Waals surface area contributed by atoms with E-state index in [2.05, 4.69) is 168 Å². The number of nitrogens with zero attached hydrogens (tertiary/aromatic N) is 1. The van der Waals surface area contributed by atoms with Gasteiger partial charge in [-0.15, -0.1) is 0 Å². The van der Waals surface area contributed by atoms with Crippen LogP contribution < -0.4 is 0 Å². The van der Waals surface area contributed by atoms with Crippen molar-refractivity contribution < 1.29 is 14.0 Å². The molecule has 2 spiro atoms. The Hall–Kier alpha value is -7.82. The maximum atomic E-state index is 15.3. The zero-order chi connectivity index (χ0) is 41.3. The first kappa shape index (κ1) is 31.9. The molecule has 3 heterocycles. The summed E-state index contributed by atoms with van der Waals surface area (Å²) in [6, 6.07) is 59.2. The maximum absolute atomic E-state index is 15.3. The molecule has 0 aliphatic heterocycles. The first-order valence-corrected chi connectivity index (χ1v) is 22.6. The number of benzene rings is 9. The molecule has 6 aliphatic rings. The van der Waals surface area contributed by atoms with E-state index in [-0.39, 0.29) is 46.1 Å². The van der Waals surface area contributed by atoms with E-state index in [1.54, 1.807) is 0 Å². The Bertz CT molecular complexity index is 4350. The minimum absolute atomic E-state index is 0.0632. The average Bonchev–Trinajstić information content (AvgIpc) is 3.95. The van der Waals surface area contributed by atoms with Crippen LogP contribution in [-0.2, 0) is 10.8 Å². The molecule has 0 N–H and O–H groups in total. The fourth-order valence-electron chi connectivity index (χ4n) is 15.5. The van der Waals surface area contributed by atoms with Crippen LogP contribution in [0.1, 0.15) is 100 Å². The molecule has 18 rings (SSSR count). The average molecular weight is 814 g/mol. The van der Waals surface area contributed by atoms with Crippen molar-refractivity contribution in [2.24, 2.45) is 0 Å². The molecular weight excluding hydrogens is 783 g/mol. The van der Waals surface area contributed by atoms with Crippen LogP contribution in [0.2, 0.25) is 0 Å². The van der Waals surface area contributed by atoms with Crippen molar-refractivity contribution in [3.8, 4) is 0 Å². The summed E-state index contributed by atoms with van der Waals surface area (Å²) in [5.74, 6) is 0.0996. The zero-order valence-electron chi connectivity index (χ0n) is 34.1. The van der Waals surface area contributed by atoms with Gasteiger partial charge in [0.15, 0.2) is 11.6 Å². The molecule has 0 fully saturated rings. The zero-order valence-corrected chi connectivity index (χ0v) is 34.1. The normalized spacial score (nSPS) is 24.8. The van der Waals surface area contributed by atoms with Crippen LogP contribution in [-0.4, -0.2) is 16.0 Å². The number of aromatic nitrogens is 1. The predicted molar refractivity (Wildman–Crippen MR) is 251 cm³/mol. The van der Waals surface area contributed by atoms with E-state index in [1.165, 1.54) is 33.4 Å². The molecule has 6 atom stereocenters. The molecule has 0 amide bonds. The number of rotatable bonds is 0. The summed E-state index contributed by atoms with van der Waals surface area (Å²) in [4.78, 5) is 30.6. The molecule has 12 aromatic rings. The highest BCUT2D eigenvalue weighted by molar-refractivity contribution is 6.34. The van der Waals surface area contributed by atoms with E-state index < -0.39 is 0 Å². The molecule has 0 saturated carbocycles. The van der Waals surface area contributed by atoms with Crippen molar-refractivity contribution >= 4 is 82.4 Å². The minimum atomic E-state index is -0.360. The van der Waals surface area contributed by atoms with Gasteiger partial charge in [0, 0.05) is 66.1 Å². The summed E-state index contributed by atoms with van der Waals surface area (Å²) in [6.45, 7) is 0. The third kappa shape index (κ3) is 2.94. The van der Waals surface area contributed by atoms with Crippen LogP contribution in [0, 0.1) is 0 Å². The van der Waals surface area contributed by atoms with E-state index in [1.807, 2.05) is 0 Å². The van der Waals surface area contributed by atoms with Crippen molar-refractivity contribution in [1.29, 1.82) is 0 Å². The number of ketones is 2. The molecule has 0 radical (unpaired) electrons. The summed E-state index contributed by atoms with van der Waals surface area (Å²) in [5, 5.41) is 8.81. The van der Waals surface area contributed by atoms with Gasteiger partial charge in [-0.2, -0.15) is 0 Å². The van der Waals surface area contributed by atoms with Crippen LogP contribution in [0.15, 0.2) is 168 Å². The molecule has 294 valence electrons. The van der Waals surface area contributed by atoms with Gasteiger partial charge in [-0.05, 0) is 97.4 Å². The second kappa shape index (κ2) is 9.86. The highest BCUT2D eigenvalue weighted by Gasteiger charge is 2.70. The first-order chi connectivity index (χ1) is 31.6. The van der Waals surface area contributed by atoms with Crippen molar-refractivity contribution in [2.45, 2.75) is 34.5 Å². The number of fused-ring (bicyclic) bond motifs is 24. The topological polar surface area (TPSA) is 51.7 Å². The largest absolute Gasteiger partial charge is 0.455 e. The number of hydrogen-bond donors (Lipinski definition) is 0. The third-order valence-corrected chi connectivity index (χ3v) is 17.6. The Balaban J connectivity index is 0.997. The fraction of sp³-hybridized carbons (Fsp3) is 0.100. The third-order valence-electron chi connectivity index (χ3n) is 17.6. The number of hydrogen-bond acceptors (Lipinski definition) is 3. The van der Waals surface area contributed by atoms with Gasteiger partial charge in [0.2, 0.25) is 0 Å². The van der Waals surface area contributed by atoms with E-state index >= 15 is 9.59 Å². The van der Waals surface area contributed by atoms with Gasteiger partial charge in [-0.3, -0.25) is 9.59 Å². The second-order valence-electron chi connectivity index (χ2n) is 19.6. The van der Waals surface area contributed by atoms with Gasteiger partial charge >= 0.3 is 0 Å². The smallest absolute Gasteiger partial charge is 0.171 e. The van der Waals surface area contributed by atoms with Crippen LogP contribution in [0.5, 0.6) is 0 Å². The standard InChI is InChI=1S/C60H31NO3/c62-55-39-26-47-35(23-36(39)50-31-13-3-7-17-43(31)59(50)45-19-9-5-15-33(45)52(55)59)38-25-41-30-22-21-28-11-1-2-12-29(28)57(30)64-58(41)49-42-24-37-40(27-48(42)61(47)54(38)49)56(63)53-34-16-6-10-20-46(34)60(53)44-18-8-4-14-32(44)51(37)60/h1-27,50-53H. The van der Waals surface area contributed by atoms with Crippen molar-refractivity contribution in [3.63, 3.8) is 0 Å². The molecule has 0 saturated heterocycles. The molecule has 3 aromatic heterocycles. The lowest BCUT2D eigenvalue weighted by atomic mass is 9.36. The Kier molecular flexibility index (Phi) is 4.92. The van der Waals surface area contributed by atoms with Crippen LogP contribution >= 0.6 is 0 Å². The minimum Gasteiger partial charge on any atom is -0.455 e. The molecule has 64 heavy (non-hydrogen) atoms. The van der Waals surface area contributed by atoms with Crippen molar-refractivity contribution in [2.75, 3.05) is 0 Å². The van der Waals surface area contributed by atoms with E-state index in [0.717, 1.165) is 104 Å². The fourth-order valence-corrected chi connectivity index (χ4v) is 15.5. The molecule has 6 aliphatic carbocycles. The Labute approximate surface area is 364 Å². The van der Waals surface area contributed by atoms with Crippen LogP contribution in [0.3, 0.4) is 0 Å². The van der Waals surface area contributed by atoms with Crippen molar-refractivity contribution in [3.05, 3.63) is 231 Å². The van der Waals surface area contributed by atoms with Gasteiger partial charge in [-0.1, -0.05) is 127 Å². The molecule has 6 unspecified atom stereocenters. The van der Waals surface area contributed by atoms with Crippen LogP contribution in [0.4, 0.5) is 0 Å². The lowest BCUT2D eigenvalue weighted by molar-refractivity contribution is 0.0839. The van der Waals surface area contributed by atoms with E-state index in [0.29, 0.717) is 0 Å². The predicted octanol–water partition coefficient (Wildman–Crippen LogP) is 13.3. The first-order valence-electron chi connectivity index (χ1n) is 22.6. The van der Waals surface area contributed by atoms with Gasteiger partial charge in [-0.25, -0.2) is 0 Å². The molecule has 4 heteroatoms. The molecule has 0 bridgehead atoms. The van der Waals surface area contributed by atoms with E-state index in [9.17, 15) is 0 Å².